The second-order valence-electron chi connectivity index (χ2n) is 8.14. The molecule has 29 heavy (non-hydrogen) atoms. The third-order valence-corrected chi connectivity index (χ3v) is 7.49. The summed E-state index contributed by atoms with van der Waals surface area (Å²) in [5.74, 6) is 1.56. The molecule has 148 valence electrons. The summed E-state index contributed by atoms with van der Waals surface area (Å²) in [6.45, 7) is 3.38. The molecule has 1 amide bonds. The van der Waals surface area contributed by atoms with Crippen LogP contribution in [0.1, 0.15) is 28.8 Å². The predicted molar refractivity (Wildman–Crippen MR) is 120 cm³/mol. The molecular weight excluding hydrogens is 376 g/mol. The Morgan fingerprint density at radius 3 is 2.55 bits per heavy atom. The summed E-state index contributed by atoms with van der Waals surface area (Å²) in [6.07, 6.45) is 2.42. The van der Waals surface area contributed by atoms with Crippen molar-refractivity contribution in [1.29, 1.82) is 0 Å². The first-order valence-corrected chi connectivity index (χ1v) is 11.5. The van der Waals surface area contributed by atoms with Crippen molar-refractivity contribution in [2.75, 3.05) is 19.6 Å². The van der Waals surface area contributed by atoms with Crippen LogP contribution in [0, 0.1) is 5.92 Å². The first-order valence-electron chi connectivity index (χ1n) is 10.5. The SMILES string of the molecule is O=C(NC1CN2CCC1CC2)c1ccccc1SCc1cccc2ccccc12. The highest BCUT2D eigenvalue weighted by Gasteiger charge is 2.35. The third-order valence-electron chi connectivity index (χ3n) is 6.37. The van der Waals surface area contributed by atoms with E-state index in [0.29, 0.717) is 12.0 Å². The maximum Gasteiger partial charge on any atom is 0.252 e. The van der Waals surface area contributed by atoms with Crippen molar-refractivity contribution in [1.82, 2.24) is 10.2 Å². The van der Waals surface area contributed by atoms with Crippen molar-refractivity contribution < 1.29 is 4.79 Å². The van der Waals surface area contributed by atoms with Gasteiger partial charge in [-0.05, 0) is 60.3 Å². The Morgan fingerprint density at radius 2 is 1.72 bits per heavy atom. The van der Waals surface area contributed by atoms with E-state index in [1.807, 2.05) is 18.2 Å². The largest absolute Gasteiger partial charge is 0.348 e. The zero-order valence-electron chi connectivity index (χ0n) is 16.5. The van der Waals surface area contributed by atoms with Crippen LogP contribution in [0.3, 0.4) is 0 Å². The van der Waals surface area contributed by atoms with Crippen molar-refractivity contribution in [2.24, 2.45) is 5.92 Å². The van der Waals surface area contributed by atoms with Crippen LogP contribution in [0.2, 0.25) is 0 Å². The molecule has 0 aromatic heterocycles. The van der Waals surface area contributed by atoms with Gasteiger partial charge in [0.05, 0.1) is 5.56 Å². The predicted octanol–water partition coefficient (Wildman–Crippen LogP) is 4.96. The Hall–Kier alpha value is -2.30. The van der Waals surface area contributed by atoms with Gasteiger partial charge in [0.15, 0.2) is 0 Å². The second-order valence-corrected chi connectivity index (χ2v) is 9.16. The minimum Gasteiger partial charge on any atom is -0.348 e. The Morgan fingerprint density at radius 1 is 0.966 bits per heavy atom. The lowest BCUT2D eigenvalue weighted by atomic mass is 9.84. The van der Waals surface area contributed by atoms with Gasteiger partial charge >= 0.3 is 0 Å². The Balaban J connectivity index is 1.32. The summed E-state index contributed by atoms with van der Waals surface area (Å²) in [5.41, 5.74) is 2.11. The van der Waals surface area contributed by atoms with Crippen molar-refractivity contribution in [3.8, 4) is 0 Å². The van der Waals surface area contributed by atoms with Gasteiger partial charge in [-0.25, -0.2) is 0 Å². The quantitative estimate of drug-likeness (QED) is 0.613. The number of carbonyl (C=O) groups is 1. The van der Waals surface area contributed by atoms with Gasteiger partial charge in [0.2, 0.25) is 0 Å². The molecule has 3 heterocycles. The van der Waals surface area contributed by atoms with Crippen molar-refractivity contribution in [2.45, 2.75) is 29.5 Å². The summed E-state index contributed by atoms with van der Waals surface area (Å²) in [5, 5.41) is 5.89. The lowest BCUT2D eigenvalue weighted by molar-refractivity contribution is 0.0619. The number of hydrogen-bond acceptors (Lipinski definition) is 3. The van der Waals surface area contributed by atoms with Crippen LogP contribution in [0.5, 0.6) is 0 Å². The van der Waals surface area contributed by atoms with E-state index < -0.39 is 0 Å². The molecule has 3 aromatic carbocycles. The molecule has 0 saturated carbocycles. The highest BCUT2D eigenvalue weighted by Crippen LogP contribution is 2.31. The van der Waals surface area contributed by atoms with Crippen LogP contribution in [0.4, 0.5) is 0 Å². The summed E-state index contributed by atoms with van der Waals surface area (Å²) >= 11 is 1.75. The van der Waals surface area contributed by atoms with Crippen LogP contribution in [-0.4, -0.2) is 36.5 Å². The molecule has 1 unspecified atom stereocenters. The molecule has 3 aliphatic rings. The molecule has 1 N–H and O–H groups in total. The topological polar surface area (TPSA) is 32.3 Å². The molecule has 3 fully saturated rings. The molecule has 4 heteroatoms. The molecular formula is C25H26N2OS. The van der Waals surface area contributed by atoms with Gasteiger partial charge in [-0.2, -0.15) is 0 Å². The van der Waals surface area contributed by atoms with E-state index in [-0.39, 0.29) is 5.91 Å². The van der Waals surface area contributed by atoms with Gasteiger partial charge in [0.1, 0.15) is 0 Å². The third kappa shape index (κ3) is 3.92. The van der Waals surface area contributed by atoms with Crippen LogP contribution in [-0.2, 0) is 5.75 Å². The monoisotopic (exact) mass is 402 g/mol. The highest BCUT2D eigenvalue weighted by molar-refractivity contribution is 7.98. The fraction of sp³-hybridized carbons (Fsp3) is 0.320. The van der Waals surface area contributed by atoms with E-state index in [9.17, 15) is 4.79 Å². The average molecular weight is 403 g/mol. The normalized spacial score (nSPS) is 23.2. The van der Waals surface area contributed by atoms with Crippen LogP contribution in [0.15, 0.2) is 71.6 Å². The lowest BCUT2D eigenvalue weighted by Gasteiger charge is -2.45. The molecule has 3 aliphatic heterocycles. The van der Waals surface area contributed by atoms with E-state index in [1.54, 1.807) is 11.8 Å². The van der Waals surface area contributed by atoms with Gasteiger partial charge < -0.3 is 10.2 Å². The van der Waals surface area contributed by atoms with E-state index in [2.05, 4.69) is 58.7 Å². The molecule has 0 spiro atoms. The maximum atomic E-state index is 13.1. The fourth-order valence-electron chi connectivity index (χ4n) is 4.73. The molecule has 2 bridgehead atoms. The van der Waals surface area contributed by atoms with Gasteiger partial charge in [0.25, 0.3) is 5.91 Å². The minimum absolute atomic E-state index is 0.0739. The van der Waals surface area contributed by atoms with Crippen molar-refractivity contribution in [3.63, 3.8) is 0 Å². The number of nitrogens with zero attached hydrogens (tertiary/aromatic N) is 1. The summed E-state index contributed by atoms with van der Waals surface area (Å²) < 4.78 is 0. The summed E-state index contributed by atoms with van der Waals surface area (Å²) in [6, 6.07) is 23.3. The van der Waals surface area contributed by atoms with Crippen LogP contribution >= 0.6 is 11.8 Å². The van der Waals surface area contributed by atoms with Gasteiger partial charge in [-0.15, -0.1) is 11.8 Å². The fourth-order valence-corrected chi connectivity index (χ4v) is 5.78. The molecule has 3 nitrogen and oxygen atoms in total. The average Bonchev–Trinajstić information content (AvgIpc) is 2.78. The standard InChI is InChI=1S/C25H26N2OS/c28-25(26-23-16-27-14-12-19(23)13-15-27)22-10-3-4-11-24(22)29-17-20-8-5-7-18-6-1-2-9-21(18)20/h1-11,19,23H,12-17H2,(H,26,28). The number of nitrogens with one attached hydrogen (secondary N) is 1. The first-order chi connectivity index (χ1) is 14.3. The molecule has 1 atom stereocenters. The van der Waals surface area contributed by atoms with E-state index >= 15 is 0 Å². The number of hydrogen-bond donors (Lipinski definition) is 1. The van der Waals surface area contributed by atoms with Crippen molar-refractivity contribution in [3.05, 3.63) is 77.9 Å². The van der Waals surface area contributed by atoms with Gasteiger partial charge in [-0.3, -0.25) is 4.79 Å². The molecule has 3 saturated heterocycles. The maximum absolute atomic E-state index is 13.1. The number of piperidine rings is 3. The Kier molecular flexibility index (Phi) is 5.30. The summed E-state index contributed by atoms with van der Waals surface area (Å²) in [4.78, 5) is 16.6. The van der Waals surface area contributed by atoms with E-state index in [0.717, 1.165) is 22.8 Å². The van der Waals surface area contributed by atoms with Crippen LogP contribution in [0.25, 0.3) is 10.8 Å². The molecule has 0 radical (unpaired) electrons. The Labute approximate surface area is 176 Å². The first kappa shape index (κ1) is 18.7. The smallest absolute Gasteiger partial charge is 0.252 e. The molecule has 0 aliphatic carbocycles. The minimum atomic E-state index is 0.0739. The Bertz CT molecular complexity index is 1020. The van der Waals surface area contributed by atoms with E-state index in [1.165, 1.54) is 42.3 Å². The lowest BCUT2D eigenvalue weighted by Crippen LogP contribution is -2.57. The summed E-state index contributed by atoms with van der Waals surface area (Å²) in [7, 11) is 0. The van der Waals surface area contributed by atoms with Gasteiger partial charge in [-0.1, -0.05) is 54.6 Å². The number of fused-ring (bicyclic) bond motifs is 4. The number of rotatable bonds is 5. The zero-order chi connectivity index (χ0) is 19.6. The zero-order valence-corrected chi connectivity index (χ0v) is 17.3. The van der Waals surface area contributed by atoms with Gasteiger partial charge in [0, 0.05) is 23.2 Å². The number of thioether (sulfide) groups is 1. The van der Waals surface area contributed by atoms with E-state index in [4.69, 9.17) is 0 Å². The van der Waals surface area contributed by atoms with Crippen LogP contribution < -0.4 is 5.32 Å². The molecule has 3 aromatic rings. The number of carbonyl (C=O) groups excluding carboxylic acids is 1. The number of benzene rings is 3. The highest BCUT2D eigenvalue weighted by atomic mass is 32.2. The molecule has 6 rings (SSSR count). The number of amides is 1. The second kappa shape index (κ2) is 8.21. The van der Waals surface area contributed by atoms with Crippen molar-refractivity contribution >= 4 is 28.4 Å².